The third-order valence-corrected chi connectivity index (χ3v) is 2.80. The Morgan fingerprint density at radius 2 is 2.07 bits per heavy atom. The number of nitrogens with one attached hydrogen (secondary N) is 1. The molecule has 0 unspecified atom stereocenters. The lowest BCUT2D eigenvalue weighted by molar-refractivity contribution is -0.0413. The molecule has 0 aromatic carbocycles. The third-order valence-electron chi connectivity index (χ3n) is 2.80. The summed E-state index contributed by atoms with van der Waals surface area (Å²) in [5, 5.41) is 5.23. The zero-order valence-corrected chi connectivity index (χ0v) is 7.19. The highest BCUT2D eigenvalue weighted by atomic mass is 19.3. The van der Waals surface area contributed by atoms with E-state index in [4.69, 9.17) is 0 Å². The first-order chi connectivity index (χ1) is 7.03. The fourth-order valence-electron chi connectivity index (χ4n) is 2.04. The van der Waals surface area contributed by atoms with Gasteiger partial charge in [0.15, 0.2) is 0 Å². The fourth-order valence-corrected chi connectivity index (χ4v) is 2.04. The van der Waals surface area contributed by atoms with Crippen LogP contribution in [0.5, 0.6) is 0 Å². The number of nitrogens with zero attached hydrogens (tertiary/aromatic N) is 1. The van der Waals surface area contributed by atoms with Crippen LogP contribution in [-0.4, -0.2) is 10.2 Å². The summed E-state index contributed by atoms with van der Waals surface area (Å²) in [6, 6.07) is 0. The number of halogens is 4. The summed E-state index contributed by atoms with van der Waals surface area (Å²) in [4.78, 5) is 0. The lowest BCUT2D eigenvalue weighted by Gasteiger charge is -2.22. The Labute approximate surface area is 81.7 Å². The lowest BCUT2D eigenvalue weighted by atomic mass is 9.84. The second-order valence-corrected chi connectivity index (χ2v) is 3.57. The molecule has 0 spiro atoms. The molecule has 2 aliphatic rings. The van der Waals surface area contributed by atoms with E-state index < -0.39 is 35.6 Å². The van der Waals surface area contributed by atoms with Crippen molar-refractivity contribution in [3.05, 3.63) is 17.0 Å². The number of H-pyrrole nitrogens is 1. The van der Waals surface area contributed by atoms with E-state index in [2.05, 4.69) is 16.9 Å². The Kier molecular flexibility index (Phi) is 1.37. The normalized spacial score (nSPS) is 29.1. The van der Waals surface area contributed by atoms with Crippen LogP contribution in [0.2, 0.25) is 0 Å². The van der Waals surface area contributed by atoms with Crippen LogP contribution in [0.25, 0.3) is 0 Å². The number of aromatic nitrogens is 2. The van der Waals surface area contributed by atoms with Gasteiger partial charge in [-0.05, 0) is 0 Å². The first-order valence-corrected chi connectivity index (χ1v) is 4.29. The number of fused-ring (bicyclic) bond motifs is 3. The summed E-state index contributed by atoms with van der Waals surface area (Å²) in [7, 11) is 0. The minimum Gasteiger partial charge on any atom is -0.276 e. The van der Waals surface area contributed by atoms with Gasteiger partial charge in [-0.3, -0.25) is 5.10 Å². The van der Waals surface area contributed by atoms with Gasteiger partial charge in [0.1, 0.15) is 17.3 Å². The predicted octanol–water partition coefficient (Wildman–Crippen LogP) is 2.17. The number of hydrogen-bond donors (Lipinski definition) is 1. The second kappa shape index (κ2) is 2.35. The van der Waals surface area contributed by atoms with Gasteiger partial charge in [-0.25, -0.2) is 8.78 Å². The van der Waals surface area contributed by atoms with Crippen LogP contribution in [0.15, 0.2) is 0 Å². The molecule has 0 fully saturated rings. The van der Waals surface area contributed by atoms with Gasteiger partial charge < -0.3 is 0 Å². The zero-order chi connectivity index (χ0) is 10.8. The molecule has 0 amide bonds. The molecule has 3 rings (SSSR count). The van der Waals surface area contributed by atoms with Gasteiger partial charge in [0.05, 0.1) is 5.92 Å². The van der Waals surface area contributed by atoms with Crippen LogP contribution in [-0.2, 0) is 5.92 Å². The Balaban J connectivity index is 2.21. The van der Waals surface area contributed by atoms with Gasteiger partial charge in [-0.2, -0.15) is 13.9 Å². The van der Waals surface area contributed by atoms with Crippen molar-refractivity contribution < 1.29 is 17.6 Å². The highest BCUT2D eigenvalue weighted by Crippen LogP contribution is 2.56. The quantitative estimate of drug-likeness (QED) is 0.565. The molecule has 78 valence electrons. The average molecular weight is 216 g/mol. The maximum Gasteiger partial charge on any atom is 0.304 e. The maximum absolute atomic E-state index is 13.5. The molecule has 6 heteroatoms. The topological polar surface area (TPSA) is 28.7 Å². The summed E-state index contributed by atoms with van der Waals surface area (Å²) in [6.45, 7) is 0. The van der Waals surface area contributed by atoms with Crippen LogP contribution in [0.1, 0.15) is 29.3 Å². The van der Waals surface area contributed by atoms with Crippen LogP contribution in [0.3, 0.4) is 0 Å². The molecule has 0 saturated carbocycles. The van der Waals surface area contributed by atoms with Crippen LogP contribution in [0.4, 0.5) is 17.6 Å². The van der Waals surface area contributed by atoms with Crippen LogP contribution >= 0.6 is 0 Å². The Bertz CT molecular complexity index is 494. The minimum atomic E-state index is -3.18. The molecule has 1 N–H and O–H groups in total. The summed E-state index contributed by atoms with van der Waals surface area (Å²) in [6.07, 6.45) is -2.85. The van der Waals surface area contributed by atoms with Crippen molar-refractivity contribution in [2.45, 2.75) is 18.3 Å². The molecular formula is C9H4F4N2. The molecule has 1 aromatic rings. The van der Waals surface area contributed by atoms with Crippen LogP contribution < -0.4 is 0 Å². The maximum atomic E-state index is 13.5. The van der Waals surface area contributed by atoms with Crippen molar-refractivity contribution in [2.24, 2.45) is 5.92 Å². The third kappa shape index (κ3) is 0.838. The summed E-state index contributed by atoms with van der Waals surface area (Å²) in [5.41, 5.74) is -1.20. The Morgan fingerprint density at radius 1 is 1.33 bits per heavy atom. The van der Waals surface area contributed by atoms with E-state index in [-0.39, 0.29) is 5.56 Å². The van der Waals surface area contributed by atoms with Crippen molar-refractivity contribution in [1.82, 2.24) is 10.2 Å². The molecule has 15 heavy (non-hydrogen) atoms. The fraction of sp³-hybridized carbons (Fsp3) is 0.444. The van der Waals surface area contributed by atoms with Gasteiger partial charge in [0.2, 0.25) is 0 Å². The molecular weight excluding hydrogens is 212 g/mol. The van der Waals surface area contributed by atoms with Crippen molar-refractivity contribution in [3.63, 3.8) is 0 Å². The highest BCUT2D eigenvalue weighted by molar-refractivity contribution is 5.52. The lowest BCUT2D eigenvalue weighted by Crippen LogP contribution is -2.26. The van der Waals surface area contributed by atoms with Crippen molar-refractivity contribution in [3.8, 4) is 11.8 Å². The van der Waals surface area contributed by atoms with Crippen molar-refractivity contribution >= 4 is 0 Å². The van der Waals surface area contributed by atoms with Crippen molar-refractivity contribution in [2.75, 3.05) is 0 Å². The van der Waals surface area contributed by atoms with E-state index in [0.29, 0.717) is 0 Å². The molecule has 2 atom stereocenters. The van der Waals surface area contributed by atoms with Crippen molar-refractivity contribution in [1.29, 1.82) is 0 Å². The van der Waals surface area contributed by atoms with E-state index in [1.54, 1.807) is 0 Å². The van der Waals surface area contributed by atoms with E-state index in [0.717, 1.165) is 0 Å². The Hall–Kier alpha value is -1.51. The number of alkyl halides is 4. The zero-order valence-electron chi connectivity index (χ0n) is 7.19. The molecule has 2 nitrogen and oxygen atoms in total. The van der Waals surface area contributed by atoms with Gasteiger partial charge in [-0.15, -0.1) is 0 Å². The molecule has 0 bridgehead atoms. The van der Waals surface area contributed by atoms with Crippen LogP contribution in [0, 0.1) is 17.8 Å². The first kappa shape index (κ1) is 8.77. The number of rotatable bonds is 1. The SMILES string of the molecule is FC(F)c1n[nH]c2c1[C@@H]1C#C[C@@H]1C2(F)F. The average Bonchev–Trinajstić information content (AvgIpc) is 2.50. The monoisotopic (exact) mass is 216 g/mol. The summed E-state index contributed by atoms with van der Waals surface area (Å²) in [5.74, 6) is -0.327. The number of hydrogen-bond acceptors (Lipinski definition) is 1. The van der Waals surface area contributed by atoms with Gasteiger partial charge in [0, 0.05) is 5.56 Å². The predicted molar refractivity (Wildman–Crippen MR) is 41.4 cm³/mol. The van der Waals surface area contributed by atoms with E-state index in [1.807, 2.05) is 5.10 Å². The van der Waals surface area contributed by atoms with E-state index in [1.165, 1.54) is 0 Å². The smallest absolute Gasteiger partial charge is 0.276 e. The Morgan fingerprint density at radius 3 is 2.60 bits per heavy atom. The molecule has 1 aromatic heterocycles. The summed E-state index contributed by atoms with van der Waals surface area (Å²) >= 11 is 0. The molecule has 1 heterocycles. The molecule has 0 aliphatic heterocycles. The highest BCUT2D eigenvalue weighted by Gasteiger charge is 2.59. The first-order valence-electron chi connectivity index (χ1n) is 4.29. The molecule has 0 saturated heterocycles. The molecule has 0 radical (unpaired) electrons. The van der Waals surface area contributed by atoms with Gasteiger partial charge in [0.25, 0.3) is 6.43 Å². The minimum absolute atomic E-state index is 0.0984. The van der Waals surface area contributed by atoms with Gasteiger partial charge >= 0.3 is 5.92 Å². The van der Waals surface area contributed by atoms with E-state index >= 15 is 0 Å². The largest absolute Gasteiger partial charge is 0.304 e. The standard InChI is InChI=1S/C9H4F4N2/c10-8(11)6-5-3-1-2-4(3)9(12,13)7(5)15-14-6/h3-4,8H,(H,14,15)/t3-,4+/m1/s1. The van der Waals surface area contributed by atoms with E-state index in [9.17, 15) is 17.6 Å². The molecule has 2 aliphatic carbocycles. The second-order valence-electron chi connectivity index (χ2n) is 3.57. The van der Waals surface area contributed by atoms with Gasteiger partial charge in [-0.1, -0.05) is 11.8 Å². The summed E-state index contributed by atoms with van der Waals surface area (Å²) < 4.78 is 51.9. The number of aromatic amines is 1.